The largest absolute Gasteiger partial charge is 0.338 e. The van der Waals surface area contributed by atoms with Gasteiger partial charge in [-0.15, -0.1) is 0 Å². The van der Waals surface area contributed by atoms with Gasteiger partial charge in [0.1, 0.15) is 0 Å². The van der Waals surface area contributed by atoms with Crippen LogP contribution < -0.4 is 5.73 Å². The molecular formula is C3H13NO6P2. The first-order valence-electron chi connectivity index (χ1n) is 2.69. The molecule has 0 atom stereocenters. The molecule has 5 N–H and O–H groups in total. The summed E-state index contributed by atoms with van der Waals surface area (Å²) in [5.41, 5.74) is 4.54. The number of rotatable bonds is 3. The van der Waals surface area contributed by atoms with Crippen LogP contribution in [0.25, 0.3) is 0 Å². The van der Waals surface area contributed by atoms with Crippen LogP contribution in [0.3, 0.4) is 0 Å². The second-order valence-electron chi connectivity index (χ2n) is 1.45. The zero-order valence-electron chi connectivity index (χ0n) is 6.75. The fourth-order valence-corrected chi connectivity index (χ4v) is 0.224. The average molecular weight is 221 g/mol. The second kappa shape index (κ2) is 8.04. The van der Waals surface area contributed by atoms with Crippen LogP contribution in [0.2, 0.25) is 0 Å². The minimum Gasteiger partial charge on any atom is -0.328 e. The van der Waals surface area contributed by atoms with Gasteiger partial charge in [0.25, 0.3) is 0 Å². The van der Waals surface area contributed by atoms with Crippen LogP contribution in [0.1, 0.15) is 0 Å². The average Bonchev–Trinajstić information content (AvgIpc) is 2.03. The highest BCUT2D eigenvalue weighted by molar-refractivity contribution is 7.51. The van der Waals surface area contributed by atoms with Crippen LogP contribution >= 0.6 is 16.2 Å². The summed E-state index contributed by atoms with van der Waals surface area (Å²) in [4.78, 5) is 23.9. The Morgan fingerprint density at radius 3 is 1.67 bits per heavy atom. The fraction of sp³-hybridized carbons (Fsp3) is 1.00. The summed E-state index contributed by atoms with van der Waals surface area (Å²) in [6, 6.07) is 0. The molecule has 0 rings (SSSR count). The second-order valence-corrected chi connectivity index (χ2v) is 4.35. The van der Waals surface area contributed by atoms with Crippen molar-refractivity contribution in [2.24, 2.45) is 5.73 Å². The van der Waals surface area contributed by atoms with Crippen molar-refractivity contribution in [1.29, 1.82) is 0 Å². The third-order valence-electron chi connectivity index (χ3n) is 0.550. The summed E-state index contributed by atoms with van der Waals surface area (Å²) in [5, 5.41) is 0. The van der Waals surface area contributed by atoms with Gasteiger partial charge in [-0.25, -0.2) is 0 Å². The Balaban J connectivity index is 0. The molecule has 0 aromatic carbocycles. The standard InChI is InChI=1S/C2H7O3P.CH6NO3P/c1-4-6(3)5-2;2-1-6(3,4)5/h3H,1-2H3;1-2H2,(H2,3,4,5). The minimum absolute atomic E-state index is 0.562. The highest BCUT2D eigenvalue weighted by atomic mass is 31.2. The number of hydrogen-bond acceptors (Lipinski definition) is 5. The maximum absolute atomic E-state index is 9.57. The minimum atomic E-state index is -3.87. The van der Waals surface area contributed by atoms with Gasteiger partial charge in [0.2, 0.25) is 0 Å². The first-order valence-corrected chi connectivity index (χ1v) is 5.62. The van der Waals surface area contributed by atoms with Gasteiger partial charge in [-0.3, -0.25) is 4.57 Å². The van der Waals surface area contributed by atoms with Crippen LogP contribution in [0.5, 0.6) is 0 Å². The van der Waals surface area contributed by atoms with Crippen LogP contribution in [-0.4, -0.2) is 35.2 Å². The van der Waals surface area contributed by atoms with E-state index in [0.29, 0.717) is 0 Å². The highest BCUT2D eigenvalue weighted by Crippen LogP contribution is 2.30. The summed E-state index contributed by atoms with van der Waals surface area (Å²) in [5.74, 6) is 0. The Kier molecular flexibility index (Phi) is 9.99. The molecule has 0 saturated carbocycles. The van der Waals surface area contributed by atoms with Gasteiger partial charge in [0.05, 0.1) is 6.29 Å². The lowest BCUT2D eigenvalue weighted by Gasteiger charge is -1.98. The number of hydrogen-bond donors (Lipinski definition) is 4. The molecular weight excluding hydrogens is 208 g/mol. The fourth-order valence-electron chi connectivity index (χ4n) is 0.0745. The van der Waals surface area contributed by atoms with E-state index in [9.17, 15) is 4.57 Å². The third kappa shape index (κ3) is 16.8. The molecule has 0 saturated heterocycles. The highest BCUT2D eigenvalue weighted by Gasteiger charge is 2.05. The van der Waals surface area contributed by atoms with Crippen LogP contribution in [0.15, 0.2) is 0 Å². The SMILES string of the molecule is COP(O)OC.NCP(=O)(O)O. The first kappa shape index (κ1) is 14.9. The molecule has 0 aliphatic rings. The van der Waals surface area contributed by atoms with Gasteiger partial charge in [-0.05, 0) is 0 Å². The van der Waals surface area contributed by atoms with E-state index < -0.39 is 22.5 Å². The van der Waals surface area contributed by atoms with Gasteiger partial charge in [0.15, 0.2) is 0 Å². The van der Waals surface area contributed by atoms with Gasteiger partial charge in [0, 0.05) is 14.2 Å². The molecule has 0 aromatic heterocycles. The van der Waals surface area contributed by atoms with E-state index in [0.717, 1.165) is 0 Å². The van der Waals surface area contributed by atoms with Gasteiger partial charge < -0.3 is 29.5 Å². The molecule has 76 valence electrons. The van der Waals surface area contributed by atoms with Gasteiger partial charge >= 0.3 is 16.2 Å². The third-order valence-corrected chi connectivity index (χ3v) is 1.65. The Labute approximate surface area is 71.6 Å². The lowest BCUT2D eigenvalue weighted by Crippen LogP contribution is -1.97. The lowest BCUT2D eigenvalue weighted by molar-refractivity contribution is 0.271. The molecule has 0 unspecified atom stereocenters. The maximum atomic E-state index is 9.57. The molecule has 0 aliphatic carbocycles. The Morgan fingerprint density at radius 2 is 1.67 bits per heavy atom. The van der Waals surface area contributed by atoms with Gasteiger partial charge in [-0.1, -0.05) is 0 Å². The molecule has 0 aromatic rings. The topological polar surface area (TPSA) is 122 Å². The maximum Gasteiger partial charge on any atom is 0.338 e. The molecule has 7 nitrogen and oxygen atoms in total. The van der Waals surface area contributed by atoms with E-state index in [4.69, 9.17) is 14.7 Å². The van der Waals surface area contributed by atoms with Crippen molar-refractivity contribution in [2.75, 3.05) is 20.5 Å². The Bertz CT molecular complexity index is 133. The van der Waals surface area contributed by atoms with Crippen molar-refractivity contribution in [3.05, 3.63) is 0 Å². The summed E-state index contributed by atoms with van der Waals surface area (Å²) in [7, 11) is -2.68. The van der Waals surface area contributed by atoms with E-state index in [1.165, 1.54) is 14.2 Å². The molecule has 0 radical (unpaired) electrons. The monoisotopic (exact) mass is 221 g/mol. The predicted octanol–water partition coefficient (Wildman–Crippen LogP) is -0.421. The normalized spacial score (nSPS) is 10.9. The van der Waals surface area contributed by atoms with Crippen molar-refractivity contribution < 1.29 is 28.3 Å². The molecule has 0 fully saturated rings. The van der Waals surface area contributed by atoms with Crippen molar-refractivity contribution in [2.45, 2.75) is 0 Å². The van der Waals surface area contributed by atoms with Crippen LogP contribution in [0, 0.1) is 0 Å². The quantitative estimate of drug-likeness (QED) is 0.477. The molecule has 0 heterocycles. The zero-order chi connectivity index (χ0) is 10.2. The predicted molar refractivity (Wildman–Crippen MR) is 44.3 cm³/mol. The van der Waals surface area contributed by atoms with Crippen molar-refractivity contribution in [3.8, 4) is 0 Å². The summed E-state index contributed by atoms with van der Waals surface area (Å²) >= 11 is 0. The van der Waals surface area contributed by atoms with E-state index in [1.807, 2.05) is 0 Å². The van der Waals surface area contributed by atoms with Crippen molar-refractivity contribution in [3.63, 3.8) is 0 Å². The summed E-state index contributed by atoms with van der Waals surface area (Å²) in [6.07, 6.45) is -0.562. The Morgan fingerprint density at radius 1 is 1.42 bits per heavy atom. The summed E-state index contributed by atoms with van der Waals surface area (Å²) in [6.45, 7) is 0. The number of nitrogens with two attached hydrogens (primary N) is 1. The van der Waals surface area contributed by atoms with Crippen molar-refractivity contribution in [1.82, 2.24) is 0 Å². The summed E-state index contributed by atoms with van der Waals surface area (Å²) < 4.78 is 18.2. The van der Waals surface area contributed by atoms with E-state index >= 15 is 0 Å². The molecule has 12 heavy (non-hydrogen) atoms. The van der Waals surface area contributed by atoms with E-state index in [2.05, 4.69) is 14.8 Å². The van der Waals surface area contributed by atoms with E-state index in [-0.39, 0.29) is 0 Å². The lowest BCUT2D eigenvalue weighted by atomic mass is 11.6. The molecule has 0 aliphatic heterocycles. The molecule has 0 amide bonds. The van der Waals surface area contributed by atoms with Crippen molar-refractivity contribution >= 4 is 16.2 Å². The zero-order valence-corrected chi connectivity index (χ0v) is 8.53. The Hall–Kier alpha value is 0.420. The smallest absolute Gasteiger partial charge is 0.328 e. The first-order chi connectivity index (χ1) is 5.37. The van der Waals surface area contributed by atoms with Gasteiger partial charge in [-0.2, -0.15) is 0 Å². The molecule has 0 bridgehead atoms. The molecule has 0 spiro atoms. The van der Waals surface area contributed by atoms with E-state index in [1.54, 1.807) is 0 Å². The van der Waals surface area contributed by atoms with Crippen LogP contribution in [-0.2, 0) is 13.6 Å². The molecule has 9 heteroatoms. The van der Waals surface area contributed by atoms with Crippen LogP contribution in [0.4, 0.5) is 0 Å².